The van der Waals surface area contributed by atoms with Gasteiger partial charge in [-0.1, -0.05) is 0 Å². The van der Waals surface area contributed by atoms with Crippen LogP contribution in [0, 0.1) is 6.92 Å². The summed E-state index contributed by atoms with van der Waals surface area (Å²) in [6.07, 6.45) is 4.00. The molecule has 90 valence electrons. The molecule has 1 aromatic heterocycles. The van der Waals surface area contributed by atoms with Crippen molar-refractivity contribution in [1.82, 2.24) is 15.1 Å². The third-order valence-corrected chi connectivity index (χ3v) is 2.76. The van der Waals surface area contributed by atoms with Crippen molar-refractivity contribution in [3.63, 3.8) is 0 Å². The number of halogens is 1. The van der Waals surface area contributed by atoms with Gasteiger partial charge in [0.1, 0.15) is 0 Å². The maximum absolute atomic E-state index is 10.8. The van der Waals surface area contributed by atoms with Crippen molar-refractivity contribution < 1.29 is 9.90 Å². The second kappa shape index (κ2) is 5.32. The SMILES string of the molecule is Cc1cn(C2CCCNC2)nc1C(=O)O.Cl. The zero-order valence-electron chi connectivity index (χ0n) is 9.14. The average molecular weight is 246 g/mol. The number of piperidine rings is 1. The van der Waals surface area contributed by atoms with Crippen LogP contribution in [0.2, 0.25) is 0 Å². The van der Waals surface area contributed by atoms with Gasteiger partial charge in [0, 0.05) is 18.3 Å². The predicted octanol–water partition coefficient (Wildman–Crippen LogP) is 1.24. The van der Waals surface area contributed by atoms with Crippen molar-refractivity contribution in [2.24, 2.45) is 0 Å². The van der Waals surface area contributed by atoms with E-state index < -0.39 is 5.97 Å². The first-order chi connectivity index (χ1) is 7.18. The first-order valence-electron chi connectivity index (χ1n) is 5.18. The fourth-order valence-corrected chi connectivity index (χ4v) is 1.94. The normalized spacial score (nSPS) is 20.2. The number of nitrogens with one attached hydrogen (secondary N) is 1. The summed E-state index contributed by atoms with van der Waals surface area (Å²) in [4.78, 5) is 10.8. The van der Waals surface area contributed by atoms with Crippen LogP contribution in [0.3, 0.4) is 0 Å². The Hall–Kier alpha value is -1.07. The Bertz CT molecular complexity index is 372. The number of rotatable bonds is 2. The van der Waals surface area contributed by atoms with Crippen LogP contribution in [0.5, 0.6) is 0 Å². The van der Waals surface area contributed by atoms with Gasteiger partial charge in [0.25, 0.3) is 0 Å². The summed E-state index contributed by atoms with van der Waals surface area (Å²) in [7, 11) is 0. The summed E-state index contributed by atoms with van der Waals surface area (Å²) in [6.45, 7) is 3.70. The standard InChI is InChI=1S/C10H15N3O2.ClH/c1-7-6-13(12-9(7)10(14)15)8-3-2-4-11-5-8;/h6,8,11H,2-5H2,1H3,(H,14,15);1H. The number of carboxylic acid groups (broad SMARTS) is 1. The zero-order chi connectivity index (χ0) is 10.8. The number of carboxylic acids is 1. The van der Waals surface area contributed by atoms with E-state index in [1.807, 2.05) is 6.20 Å². The highest BCUT2D eigenvalue weighted by molar-refractivity contribution is 5.86. The van der Waals surface area contributed by atoms with Crippen LogP contribution in [-0.4, -0.2) is 33.9 Å². The molecule has 1 atom stereocenters. The molecular formula is C10H16ClN3O2. The lowest BCUT2D eigenvalue weighted by Gasteiger charge is -2.22. The molecule has 2 heterocycles. The molecule has 1 aliphatic rings. The number of aromatic carboxylic acids is 1. The van der Waals surface area contributed by atoms with Crippen molar-refractivity contribution in [1.29, 1.82) is 0 Å². The smallest absolute Gasteiger partial charge is 0.356 e. The molecule has 0 bridgehead atoms. The number of aromatic nitrogens is 2. The summed E-state index contributed by atoms with van der Waals surface area (Å²) in [6, 6.07) is 0.297. The number of hydrogen-bond acceptors (Lipinski definition) is 3. The predicted molar refractivity (Wildman–Crippen MR) is 62.3 cm³/mol. The zero-order valence-corrected chi connectivity index (χ0v) is 9.96. The Balaban J connectivity index is 0.00000128. The molecule has 0 spiro atoms. The quantitative estimate of drug-likeness (QED) is 0.823. The second-order valence-corrected chi connectivity index (χ2v) is 3.95. The number of hydrogen-bond donors (Lipinski definition) is 2. The Kier molecular flexibility index (Phi) is 4.32. The molecule has 2 N–H and O–H groups in total. The molecule has 0 aromatic carbocycles. The molecule has 16 heavy (non-hydrogen) atoms. The summed E-state index contributed by atoms with van der Waals surface area (Å²) >= 11 is 0. The van der Waals surface area contributed by atoms with Crippen molar-refractivity contribution in [3.8, 4) is 0 Å². The molecule has 1 aromatic rings. The Morgan fingerprint density at radius 2 is 2.44 bits per heavy atom. The van der Waals surface area contributed by atoms with E-state index in [1.165, 1.54) is 0 Å². The van der Waals surface area contributed by atoms with E-state index in [0.717, 1.165) is 31.5 Å². The summed E-state index contributed by atoms with van der Waals surface area (Å²) in [5, 5.41) is 16.3. The lowest BCUT2D eigenvalue weighted by Crippen LogP contribution is -2.32. The largest absolute Gasteiger partial charge is 0.476 e. The molecule has 0 radical (unpaired) electrons. The maximum atomic E-state index is 10.8. The second-order valence-electron chi connectivity index (χ2n) is 3.95. The highest BCUT2D eigenvalue weighted by Gasteiger charge is 2.19. The fourth-order valence-electron chi connectivity index (χ4n) is 1.94. The van der Waals surface area contributed by atoms with Crippen LogP contribution in [0.15, 0.2) is 6.20 Å². The Morgan fingerprint density at radius 3 is 2.94 bits per heavy atom. The van der Waals surface area contributed by atoms with E-state index >= 15 is 0 Å². The molecule has 1 fully saturated rings. The summed E-state index contributed by atoms with van der Waals surface area (Å²) in [5.74, 6) is -0.949. The third-order valence-electron chi connectivity index (χ3n) is 2.76. The molecule has 1 unspecified atom stereocenters. The van der Waals surface area contributed by atoms with Gasteiger partial charge in [-0.3, -0.25) is 4.68 Å². The summed E-state index contributed by atoms with van der Waals surface area (Å²) in [5.41, 5.74) is 0.897. The minimum absolute atomic E-state index is 0. The third kappa shape index (κ3) is 2.54. The number of aryl methyl sites for hydroxylation is 1. The maximum Gasteiger partial charge on any atom is 0.356 e. The van der Waals surface area contributed by atoms with Crippen LogP contribution in [0.1, 0.15) is 34.9 Å². The first kappa shape index (κ1) is 13.0. The highest BCUT2D eigenvalue weighted by Crippen LogP contribution is 2.17. The van der Waals surface area contributed by atoms with Crippen molar-refractivity contribution >= 4 is 18.4 Å². The van der Waals surface area contributed by atoms with Gasteiger partial charge in [-0.2, -0.15) is 5.10 Å². The Morgan fingerprint density at radius 1 is 1.69 bits per heavy atom. The molecule has 0 amide bonds. The van der Waals surface area contributed by atoms with Gasteiger partial charge in [-0.15, -0.1) is 12.4 Å². The van der Waals surface area contributed by atoms with Gasteiger partial charge in [-0.05, 0) is 26.3 Å². The van der Waals surface area contributed by atoms with Gasteiger partial charge in [0.15, 0.2) is 5.69 Å². The fraction of sp³-hybridized carbons (Fsp3) is 0.600. The van der Waals surface area contributed by atoms with E-state index in [1.54, 1.807) is 11.6 Å². The van der Waals surface area contributed by atoms with E-state index in [-0.39, 0.29) is 18.1 Å². The minimum Gasteiger partial charge on any atom is -0.476 e. The molecule has 1 saturated heterocycles. The van der Waals surface area contributed by atoms with Crippen LogP contribution in [-0.2, 0) is 0 Å². The molecule has 0 aliphatic carbocycles. The lowest BCUT2D eigenvalue weighted by molar-refractivity contribution is 0.0688. The molecule has 2 rings (SSSR count). The van der Waals surface area contributed by atoms with E-state index in [4.69, 9.17) is 5.11 Å². The highest BCUT2D eigenvalue weighted by atomic mass is 35.5. The van der Waals surface area contributed by atoms with Crippen LogP contribution >= 0.6 is 12.4 Å². The van der Waals surface area contributed by atoms with Gasteiger partial charge in [0.2, 0.25) is 0 Å². The summed E-state index contributed by atoms with van der Waals surface area (Å²) < 4.78 is 1.78. The number of nitrogens with zero attached hydrogens (tertiary/aromatic N) is 2. The molecule has 5 nitrogen and oxygen atoms in total. The topological polar surface area (TPSA) is 67.2 Å². The van der Waals surface area contributed by atoms with E-state index in [9.17, 15) is 4.79 Å². The van der Waals surface area contributed by atoms with Gasteiger partial charge in [0.05, 0.1) is 6.04 Å². The van der Waals surface area contributed by atoms with Gasteiger partial charge >= 0.3 is 5.97 Å². The average Bonchev–Trinajstić information content (AvgIpc) is 2.62. The monoisotopic (exact) mass is 245 g/mol. The first-order valence-corrected chi connectivity index (χ1v) is 5.18. The number of carbonyl (C=O) groups is 1. The molecule has 6 heteroatoms. The van der Waals surface area contributed by atoms with Crippen molar-refractivity contribution in [2.75, 3.05) is 13.1 Å². The Labute approximate surface area is 100 Å². The van der Waals surface area contributed by atoms with Gasteiger partial charge < -0.3 is 10.4 Å². The molecular weight excluding hydrogens is 230 g/mol. The molecule has 0 saturated carbocycles. The molecule has 1 aliphatic heterocycles. The minimum atomic E-state index is -0.949. The van der Waals surface area contributed by atoms with Gasteiger partial charge in [-0.25, -0.2) is 4.79 Å². The van der Waals surface area contributed by atoms with Crippen LogP contribution in [0.25, 0.3) is 0 Å². The van der Waals surface area contributed by atoms with Crippen LogP contribution < -0.4 is 5.32 Å². The lowest BCUT2D eigenvalue weighted by atomic mass is 10.1. The van der Waals surface area contributed by atoms with Crippen molar-refractivity contribution in [2.45, 2.75) is 25.8 Å². The van der Waals surface area contributed by atoms with Crippen LogP contribution in [0.4, 0.5) is 0 Å². The van der Waals surface area contributed by atoms with E-state index in [0.29, 0.717) is 6.04 Å². The van der Waals surface area contributed by atoms with Crippen molar-refractivity contribution in [3.05, 3.63) is 17.5 Å². The van der Waals surface area contributed by atoms with E-state index in [2.05, 4.69) is 10.4 Å².